The van der Waals surface area contributed by atoms with E-state index in [0.29, 0.717) is 12.8 Å². The number of nitrogens with zero attached hydrogens (tertiary/aromatic N) is 1. The minimum atomic E-state index is -1.01. The van der Waals surface area contributed by atoms with Crippen molar-refractivity contribution in [1.29, 1.82) is 0 Å². The molecular weight excluding hydrogens is 356 g/mol. The smallest absolute Gasteiger partial charge is 0.407 e. The summed E-state index contributed by atoms with van der Waals surface area (Å²) in [7, 11) is 0. The van der Waals surface area contributed by atoms with Gasteiger partial charge in [0.2, 0.25) is 0 Å². The lowest BCUT2D eigenvalue weighted by Crippen LogP contribution is -2.53. The predicted molar refractivity (Wildman–Crippen MR) is 106 cm³/mol. The van der Waals surface area contributed by atoms with Crippen LogP contribution in [0.15, 0.2) is 72.8 Å². The average molecular weight is 380 g/mol. The van der Waals surface area contributed by atoms with Crippen molar-refractivity contribution in [2.45, 2.75) is 38.1 Å². The summed E-state index contributed by atoms with van der Waals surface area (Å²) >= 11 is 0. The van der Waals surface area contributed by atoms with E-state index in [2.05, 4.69) is 5.32 Å². The predicted octanol–water partition coefficient (Wildman–Crippen LogP) is 4.18. The monoisotopic (exact) mass is 380 g/mol. The fourth-order valence-corrected chi connectivity index (χ4v) is 3.32. The fraction of sp³-hybridized carbons (Fsp3) is 0.273. The van der Waals surface area contributed by atoms with Crippen LogP contribution < -0.4 is 5.32 Å². The first-order valence-electron chi connectivity index (χ1n) is 9.29. The molecule has 2 atom stereocenters. The van der Waals surface area contributed by atoms with Crippen LogP contribution in [0.4, 0.5) is 9.59 Å². The molecule has 0 fully saturated rings. The number of benzene rings is 2. The average Bonchev–Trinajstić information content (AvgIpc) is 2.72. The van der Waals surface area contributed by atoms with Crippen molar-refractivity contribution in [1.82, 2.24) is 10.2 Å². The molecular formula is C22H24N2O4. The quantitative estimate of drug-likeness (QED) is 0.737. The van der Waals surface area contributed by atoms with Crippen LogP contribution in [0, 0.1) is 0 Å². The van der Waals surface area contributed by atoms with E-state index in [1.165, 1.54) is 4.90 Å². The first kappa shape index (κ1) is 19.5. The van der Waals surface area contributed by atoms with E-state index in [9.17, 15) is 14.7 Å². The molecule has 0 bridgehead atoms. The Hall–Kier alpha value is -3.28. The number of carboxylic acid groups (broad SMARTS) is 1. The summed E-state index contributed by atoms with van der Waals surface area (Å²) < 4.78 is 5.30. The Kier molecular flexibility index (Phi) is 6.68. The second kappa shape index (κ2) is 9.60. The summed E-state index contributed by atoms with van der Waals surface area (Å²) in [5.41, 5.74) is 1.80. The van der Waals surface area contributed by atoms with E-state index >= 15 is 0 Å². The Morgan fingerprint density at radius 3 is 2.21 bits per heavy atom. The Morgan fingerprint density at radius 2 is 1.57 bits per heavy atom. The molecule has 1 aliphatic carbocycles. The van der Waals surface area contributed by atoms with Crippen molar-refractivity contribution >= 4 is 12.2 Å². The molecule has 146 valence electrons. The van der Waals surface area contributed by atoms with Gasteiger partial charge in [-0.2, -0.15) is 0 Å². The molecule has 0 aliphatic heterocycles. The molecule has 28 heavy (non-hydrogen) atoms. The normalized spacial score (nSPS) is 18.3. The van der Waals surface area contributed by atoms with Gasteiger partial charge in [0.05, 0.1) is 12.1 Å². The maximum absolute atomic E-state index is 12.3. The summed E-state index contributed by atoms with van der Waals surface area (Å²) in [4.78, 5) is 25.6. The van der Waals surface area contributed by atoms with Gasteiger partial charge in [0.1, 0.15) is 6.61 Å². The third kappa shape index (κ3) is 5.36. The molecule has 0 saturated carbocycles. The fourth-order valence-electron chi connectivity index (χ4n) is 3.32. The van der Waals surface area contributed by atoms with E-state index < -0.39 is 12.2 Å². The maximum atomic E-state index is 12.3. The van der Waals surface area contributed by atoms with Gasteiger partial charge in [-0.25, -0.2) is 9.59 Å². The highest BCUT2D eigenvalue weighted by atomic mass is 16.5. The van der Waals surface area contributed by atoms with E-state index in [4.69, 9.17) is 4.74 Å². The Labute approximate surface area is 164 Å². The SMILES string of the molecule is O=C(N[C@H]1CC=CC[C@H]1N(Cc1ccccc1)C(=O)O)OCc1ccccc1. The van der Waals surface area contributed by atoms with Gasteiger partial charge >= 0.3 is 12.2 Å². The molecule has 0 saturated heterocycles. The Morgan fingerprint density at radius 1 is 0.964 bits per heavy atom. The molecule has 0 spiro atoms. The molecule has 2 aromatic carbocycles. The maximum Gasteiger partial charge on any atom is 0.407 e. The van der Waals surface area contributed by atoms with Gasteiger partial charge in [0.15, 0.2) is 0 Å². The minimum Gasteiger partial charge on any atom is -0.465 e. The van der Waals surface area contributed by atoms with Gasteiger partial charge < -0.3 is 15.2 Å². The number of nitrogens with one attached hydrogen (secondary N) is 1. The molecule has 0 aromatic heterocycles. The van der Waals surface area contributed by atoms with Crippen molar-refractivity contribution in [2.75, 3.05) is 0 Å². The molecule has 2 aromatic rings. The number of rotatable bonds is 6. The van der Waals surface area contributed by atoms with E-state index in [1.807, 2.05) is 72.8 Å². The second-order valence-electron chi connectivity index (χ2n) is 6.72. The zero-order valence-electron chi connectivity index (χ0n) is 15.5. The van der Waals surface area contributed by atoms with Gasteiger partial charge in [0, 0.05) is 6.54 Å². The van der Waals surface area contributed by atoms with Gasteiger partial charge in [-0.05, 0) is 24.0 Å². The number of alkyl carbamates (subject to hydrolysis) is 1. The zero-order valence-corrected chi connectivity index (χ0v) is 15.5. The van der Waals surface area contributed by atoms with Crippen LogP contribution >= 0.6 is 0 Å². The van der Waals surface area contributed by atoms with Crippen molar-refractivity contribution in [3.63, 3.8) is 0 Å². The van der Waals surface area contributed by atoms with E-state index in [0.717, 1.165) is 11.1 Å². The lowest BCUT2D eigenvalue weighted by Gasteiger charge is -2.36. The van der Waals surface area contributed by atoms with Crippen LogP contribution in [0.3, 0.4) is 0 Å². The third-order valence-electron chi connectivity index (χ3n) is 4.76. The highest BCUT2D eigenvalue weighted by Gasteiger charge is 2.32. The third-order valence-corrected chi connectivity index (χ3v) is 4.76. The number of carbonyl (C=O) groups is 2. The van der Waals surface area contributed by atoms with Gasteiger partial charge in [-0.15, -0.1) is 0 Å². The van der Waals surface area contributed by atoms with Gasteiger partial charge in [-0.1, -0.05) is 72.8 Å². The summed E-state index contributed by atoms with van der Waals surface area (Å²) in [5.74, 6) is 0. The number of carbonyl (C=O) groups excluding carboxylic acids is 1. The molecule has 2 amide bonds. The van der Waals surface area contributed by atoms with E-state index in [-0.39, 0.29) is 25.2 Å². The Bertz CT molecular complexity index is 808. The van der Waals surface area contributed by atoms with Crippen molar-refractivity contribution in [3.8, 4) is 0 Å². The zero-order chi connectivity index (χ0) is 19.8. The molecule has 0 heterocycles. The summed E-state index contributed by atoms with van der Waals surface area (Å²) in [5, 5.41) is 12.6. The van der Waals surface area contributed by atoms with Crippen LogP contribution in [0.2, 0.25) is 0 Å². The molecule has 6 heteroatoms. The van der Waals surface area contributed by atoms with E-state index in [1.54, 1.807) is 0 Å². The first-order valence-corrected chi connectivity index (χ1v) is 9.29. The van der Waals surface area contributed by atoms with Crippen LogP contribution in [-0.2, 0) is 17.9 Å². The lowest BCUT2D eigenvalue weighted by atomic mass is 9.94. The van der Waals surface area contributed by atoms with Crippen molar-refractivity contribution < 1.29 is 19.4 Å². The van der Waals surface area contributed by atoms with Crippen LogP contribution in [0.25, 0.3) is 0 Å². The topological polar surface area (TPSA) is 78.9 Å². The molecule has 0 radical (unpaired) electrons. The molecule has 3 rings (SSSR count). The molecule has 2 N–H and O–H groups in total. The molecule has 6 nitrogen and oxygen atoms in total. The summed E-state index contributed by atoms with van der Waals surface area (Å²) in [6.45, 7) is 0.443. The summed E-state index contributed by atoms with van der Waals surface area (Å²) in [6.07, 6.45) is 3.47. The van der Waals surface area contributed by atoms with Crippen LogP contribution in [0.5, 0.6) is 0 Å². The van der Waals surface area contributed by atoms with Crippen molar-refractivity contribution in [3.05, 3.63) is 83.9 Å². The number of amides is 2. The summed E-state index contributed by atoms with van der Waals surface area (Å²) in [6, 6.07) is 18.2. The van der Waals surface area contributed by atoms with Crippen molar-refractivity contribution in [2.24, 2.45) is 0 Å². The molecule has 0 unspecified atom stereocenters. The first-order chi connectivity index (χ1) is 13.6. The lowest BCUT2D eigenvalue weighted by molar-refractivity contribution is 0.0962. The standard InChI is InChI=1S/C22H24N2O4/c25-21(28-16-18-11-5-2-6-12-18)23-19-13-7-8-14-20(19)24(22(26)27)15-17-9-3-1-4-10-17/h1-12,19-20H,13-16H2,(H,23,25)(H,26,27)/t19-,20+/m0/s1. The number of ether oxygens (including phenoxy) is 1. The van der Waals surface area contributed by atoms with Gasteiger partial charge in [-0.3, -0.25) is 4.90 Å². The molecule has 1 aliphatic rings. The minimum absolute atomic E-state index is 0.173. The largest absolute Gasteiger partial charge is 0.465 e. The highest BCUT2D eigenvalue weighted by molar-refractivity contribution is 5.69. The highest BCUT2D eigenvalue weighted by Crippen LogP contribution is 2.21. The van der Waals surface area contributed by atoms with Crippen LogP contribution in [-0.4, -0.2) is 34.3 Å². The van der Waals surface area contributed by atoms with Crippen LogP contribution in [0.1, 0.15) is 24.0 Å². The number of hydrogen-bond donors (Lipinski definition) is 2. The Balaban J connectivity index is 1.64. The second-order valence-corrected chi connectivity index (χ2v) is 6.72. The van der Waals surface area contributed by atoms with Gasteiger partial charge in [0.25, 0.3) is 0 Å². The number of hydrogen-bond acceptors (Lipinski definition) is 3.